The SMILES string of the molecule is CCCNC(Cc1cc(Br)cc2c1OCC2)c1cccs1. The predicted molar refractivity (Wildman–Crippen MR) is 92.4 cm³/mol. The van der Waals surface area contributed by atoms with Gasteiger partial charge < -0.3 is 10.1 Å². The Kier molecular flexibility index (Phi) is 4.99. The molecule has 1 aliphatic rings. The zero-order chi connectivity index (χ0) is 14.7. The Morgan fingerprint density at radius 2 is 2.33 bits per heavy atom. The average molecular weight is 366 g/mol. The largest absolute Gasteiger partial charge is 0.493 e. The van der Waals surface area contributed by atoms with Crippen molar-refractivity contribution in [3.63, 3.8) is 0 Å². The first kappa shape index (κ1) is 15.1. The van der Waals surface area contributed by atoms with Crippen LogP contribution in [0.4, 0.5) is 0 Å². The van der Waals surface area contributed by atoms with E-state index in [1.54, 1.807) is 0 Å². The molecule has 3 rings (SSSR count). The van der Waals surface area contributed by atoms with Crippen molar-refractivity contribution in [2.45, 2.75) is 32.2 Å². The Labute approximate surface area is 138 Å². The highest BCUT2D eigenvalue weighted by atomic mass is 79.9. The summed E-state index contributed by atoms with van der Waals surface area (Å²) in [5, 5.41) is 5.82. The van der Waals surface area contributed by atoms with E-state index in [1.807, 2.05) is 11.3 Å². The normalized spacial score (nSPS) is 14.8. The van der Waals surface area contributed by atoms with E-state index in [0.29, 0.717) is 6.04 Å². The van der Waals surface area contributed by atoms with Crippen LogP contribution in [0.2, 0.25) is 0 Å². The van der Waals surface area contributed by atoms with E-state index in [9.17, 15) is 0 Å². The second kappa shape index (κ2) is 6.95. The van der Waals surface area contributed by atoms with Gasteiger partial charge in [-0.3, -0.25) is 0 Å². The van der Waals surface area contributed by atoms with Gasteiger partial charge in [0.2, 0.25) is 0 Å². The van der Waals surface area contributed by atoms with Crippen molar-refractivity contribution in [2.75, 3.05) is 13.2 Å². The first-order chi connectivity index (χ1) is 10.3. The minimum Gasteiger partial charge on any atom is -0.493 e. The van der Waals surface area contributed by atoms with Crippen molar-refractivity contribution in [3.05, 3.63) is 50.1 Å². The van der Waals surface area contributed by atoms with Gasteiger partial charge in [0.25, 0.3) is 0 Å². The number of rotatable bonds is 6. The molecule has 1 aromatic carbocycles. The van der Waals surface area contributed by atoms with Gasteiger partial charge in [0.1, 0.15) is 5.75 Å². The number of hydrogen-bond acceptors (Lipinski definition) is 3. The van der Waals surface area contributed by atoms with Crippen LogP contribution in [0.1, 0.15) is 35.4 Å². The maximum absolute atomic E-state index is 5.86. The zero-order valence-electron chi connectivity index (χ0n) is 12.2. The maximum Gasteiger partial charge on any atom is 0.125 e. The van der Waals surface area contributed by atoms with Crippen molar-refractivity contribution in [1.82, 2.24) is 5.32 Å². The Balaban J connectivity index is 1.86. The number of halogens is 1. The summed E-state index contributed by atoms with van der Waals surface area (Å²) in [7, 11) is 0. The molecule has 0 saturated carbocycles. The minimum atomic E-state index is 0.368. The molecular formula is C17H20BrNOS. The molecule has 2 aromatic rings. The first-order valence-electron chi connectivity index (χ1n) is 7.49. The molecule has 2 heterocycles. The summed E-state index contributed by atoms with van der Waals surface area (Å²) in [5.74, 6) is 1.11. The number of fused-ring (bicyclic) bond motifs is 1. The Morgan fingerprint density at radius 3 is 3.10 bits per heavy atom. The van der Waals surface area contributed by atoms with Gasteiger partial charge in [0, 0.05) is 21.8 Å². The lowest BCUT2D eigenvalue weighted by Crippen LogP contribution is -2.23. The number of nitrogens with one attached hydrogen (secondary N) is 1. The number of ether oxygens (including phenoxy) is 1. The molecule has 0 saturated heterocycles. The topological polar surface area (TPSA) is 21.3 Å². The molecule has 0 aliphatic carbocycles. The quantitative estimate of drug-likeness (QED) is 0.798. The number of hydrogen-bond donors (Lipinski definition) is 1. The summed E-state index contributed by atoms with van der Waals surface area (Å²) >= 11 is 5.46. The van der Waals surface area contributed by atoms with Crippen LogP contribution in [0.3, 0.4) is 0 Å². The highest BCUT2D eigenvalue weighted by Crippen LogP contribution is 2.36. The van der Waals surface area contributed by atoms with Crippen molar-refractivity contribution in [2.24, 2.45) is 0 Å². The molecule has 0 radical (unpaired) electrons. The van der Waals surface area contributed by atoms with E-state index in [4.69, 9.17) is 4.74 Å². The molecule has 0 bridgehead atoms. The summed E-state index contributed by atoms with van der Waals surface area (Å²) in [4.78, 5) is 1.40. The molecule has 0 spiro atoms. The number of thiophene rings is 1. The van der Waals surface area contributed by atoms with Gasteiger partial charge in [-0.2, -0.15) is 0 Å². The third kappa shape index (κ3) is 3.50. The van der Waals surface area contributed by atoms with Crippen molar-refractivity contribution >= 4 is 27.3 Å². The summed E-state index contributed by atoms with van der Waals surface area (Å²) in [6, 6.07) is 9.11. The highest BCUT2D eigenvalue weighted by molar-refractivity contribution is 9.10. The predicted octanol–water partition coefficient (Wildman–Crippen LogP) is 4.73. The molecule has 1 atom stereocenters. The van der Waals surface area contributed by atoms with Crippen LogP contribution in [-0.4, -0.2) is 13.2 Å². The lowest BCUT2D eigenvalue weighted by atomic mass is 10.0. The average Bonchev–Trinajstić information content (AvgIpc) is 3.13. The molecule has 0 amide bonds. The molecule has 1 aliphatic heterocycles. The van der Waals surface area contributed by atoms with Crippen LogP contribution in [0.15, 0.2) is 34.1 Å². The molecule has 21 heavy (non-hydrogen) atoms. The fraction of sp³-hybridized carbons (Fsp3) is 0.412. The van der Waals surface area contributed by atoms with Gasteiger partial charge in [0.05, 0.1) is 6.61 Å². The van der Waals surface area contributed by atoms with Crippen LogP contribution in [0.5, 0.6) is 5.75 Å². The standard InChI is InChI=1S/C17H20BrNOS/c1-2-6-19-15(16-4-3-8-21-16)11-13-10-14(18)9-12-5-7-20-17(12)13/h3-4,8-10,15,19H,2,5-7,11H2,1H3. The molecule has 0 fully saturated rings. The Hall–Kier alpha value is -0.840. The Morgan fingerprint density at radius 1 is 1.43 bits per heavy atom. The molecule has 1 N–H and O–H groups in total. The van der Waals surface area contributed by atoms with Gasteiger partial charge in [-0.15, -0.1) is 11.3 Å². The van der Waals surface area contributed by atoms with Gasteiger partial charge >= 0.3 is 0 Å². The van der Waals surface area contributed by atoms with Crippen LogP contribution in [0.25, 0.3) is 0 Å². The summed E-state index contributed by atoms with van der Waals surface area (Å²) in [6.45, 7) is 4.06. The second-order valence-corrected chi connectivity index (χ2v) is 7.27. The fourth-order valence-electron chi connectivity index (χ4n) is 2.80. The van der Waals surface area contributed by atoms with E-state index in [-0.39, 0.29) is 0 Å². The maximum atomic E-state index is 5.86. The van der Waals surface area contributed by atoms with Crippen LogP contribution in [0, 0.1) is 0 Å². The van der Waals surface area contributed by atoms with E-state index in [1.165, 1.54) is 16.0 Å². The van der Waals surface area contributed by atoms with E-state index >= 15 is 0 Å². The Bertz CT molecular complexity index is 597. The van der Waals surface area contributed by atoms with E-state index in [0.717, 1.165) is 42.6 Å². The lowest BCUT2D eigenvalue weighted by molar-refractivity contribution is 0.351. The summed E-state index contributed by atoms with van der Waals surface area (Å²) < 4.78 is 7.02. The van der Waals surface area contributed by atoms with Crippen LogP contribution >= 0.6 is 27.3 Å². The molecule has 1 aromatic heterocycles. The van der Waals surface area contributed by atoms with Gasteiger partial charge in [-0.05, 0) is 54.1 Å². The second-order valence-electron chi connectivity index (χ2n) is 5.38. The molecule has 112 valence electrons. The third-order valence-electron chi connectivity index (χ3n) is 3.78. The monoisotopic (exact) mass is 365 g/mol. The zero-order valence-corrected chi connectivity index (χ0v) is 14.6. The van der Waals surface area contributed by atoms with E-state index < -0.39 is 0 Å². The molecule has 4 heteroatoms. The highest BCUT2D eigenvalue weighted by Gasteiger charge is 2.21. The molecular weight excluding hydrogens is 346 g/mol. The summed E-state index contributed by atoms with van der Waals surface area (Å²) in [6.07, 6.45) is 3.14. The smallest absolute Gasteiger partial charge is 0.125 e. The lowest BCUT2D eigenvalue weighted by Gasteiger charge is -2.19. The fourth-order valence-corrected chi connectivity index (χ4v) is 4.15. The number of benzene rings is 1. The minimum absolute atomic E-state index is 0.368. The molecule has 1 unspecified atom stereocenters. The molecule has 2 nitrogen and oxygen atoms in total. The van der Waals surface area contributed by atoms with Crippen LogP contribution < -0.4 is 10.1 Å². The van der Waals surface area contributed by atoms with Gasteiger partial charge in [0.15, 0.2) is 0 Å². The van der Waals surface area contributed by atoms with Crippen molar-refractivity contribution in [1.29, 1.82) is 0 Å². The third-order valence-corrected chi connectivity index (χ3v) is 5.22. The van der Waals surface area contributed by atoms with Crippen LogP contribution in [-0.2, 0) is 12.8 Å². The van der Waals surface area contributed by atoms with Crippen molar-refractivity contribution in [3.8, 4) is 5.75 Å². The van der Waals surface area contributed by atoms with Gasteiger partial charge in [-0.25, -0.2) is 0 Å². The van der Waals surface area contributed by atoms with Gasteiger partial charge in [-0.1, -0.05) is 28.9 Å². The summed E-state index contributed by atoms with van der Waals surface area (Å²) in [5.41, 5.74) is 2.64. The first-order valence-corrected chi connectivity index (χ1v) is 9.16. The van der Waals surface area contributed by atoms with E-state index in [2.05, 4.69) is 57.8 Å². The van der Waals surface area contributed by atoms with Crippen molar-refractivity contribution < 1.29 is 4.74 Å².